The molecule has 3 aliphatic rings. The zero-order chi connectivity index (χ0) is 34.9. The second-order valence-electron chi connectivity index (χ2n) is 14.3. The maximum Gasteiger partial charge on any atom is 0.410 e. The number of hydrogen-bond donors (Lipinski definition) is 3. The summed E-state index contributed by atoms with van der Waals surface area (Å²) in [5.74, 6) is -4.26. The van der Waals surface area contributed by atoms with Gasteiger partial charge in [-0.25, -0.2) is 22.8 Å². The Morgan fingerprint density at radius 2 is 1.49 bits per heavy atom. The van der Waals surface area contributed by atoms with E-state index in [2.05, 4.69) is 10.0 Å². The number of sulfonamides is 1. The van der Waals surface area contributed by atoms with E-state index in [-0.39, 0.29) is 45.6 Å². The first-order chi connectivity index (χ1) is 21.7. The number of carbonyl (C=O) groups is 5. The molecule has 47 heavy (non-hydrogen) atoms. The second-order valence-corrected chi connectivity index (χ2v) is 16.0. The van der Waals surface area contributed by atoms with Crippen molar-refractivity contribution in [3.05, 3.63) is 35.9 Å². The number of ether oxygens (including phenoxy) is 2. The highest BCUT2D eigenvalue weighted by atomic mass is 32.2. The average molecular weight is 680 g/mol. The van der Waals surface area contributed by atoms with Crippen molar-refractivity contribution in [2.75, 3.05) is 32.7 Å². The fourth-order valence-corrected chi connectivity index (χ4v) is 7.42. The number of carbonyl (C=O) groups excluding carboxylic acids is 4. The number of nitrogens with zero attached hydrogens (tertiary/aromatic N) is 3. The zero-order valence-electron chi connectivity index (χ0n) is 27.6. The predicted octanol–water partition coefficient (Wildman–Crippen LogP) is 1.52. The minimum absolute atomic E-state index is 0.138. The Labute approximate surface area is 275 Å². The third kappa shape index (κ3) is 9.12. The third-order valence-electron chi connectivity index (χ3n) is 7.99. The summed E-state index contributed by atoms with van der Waals surface area (Å²) in [6, 6.07) is 6.13. The van der Waals surface area contributed by atoms with Crippen LogP contribution in [0.4, 0.5) is 9.59 Å². The summed E-state index contributed by atoms with van der Waals surface area (Å²) in [6.07, 6.45) is -1.63. The van der Waals surface area contributed by atoms with Gasteiger partial charge in [0, 0.05) is 39.1 Å². The first kappa shape index (κ1) is 35.9. The lowest BCUT2D eigenvalue weighted by molar-refractivity contribution is -0.150. The van der Waals surface area contributed by atoms with Gasteiger partial charge in [0.15, 0.2) is 0 Å². The van der Waals surface area contributed by atoms with Crippen molar-refractivity contribution in [1.82, 2.24) is 24.7 Å². The Kier molecular flexibility index (Phi) is 10.2. The van der Waals surface area contributed by atoms with Crippen molar-refractivity contribution in [1.29, 1.82) is 0 Å². The lowest BCUT2D eigenvalue weighted by atomic mass is 10.1. The minimum Gasteiger partial charge on any atom is -0.480 e. The summed E-state index contributed by atoms with van der Waals surface area (Å²) >= 11 is 0. The molecular formula is C31H45N5O10S. The number of benzene rings is 1. The van der Waals surface area contributed by atoms with Crippen LogP contribution in [0.5, 0.6) is 0 Å². The van der Waals surface area contributed by atoms with Gasteiger partial charge >= 0.3 is 18.2 Å². The van der Waals surface area contributed by atoms with E-state index >= 15 is 0 Å². The molecule has 0 spiro atoms. The van der Waals surface area contributed by atoms with Crippen LogP contribution in [0.1, 0.15) is 59.9 Å². The van der Waals surface area contributed by atoms with Crippen LogP contribution in [0.3, 0.4) is 0 Å². The molecule has 4 atom stereocenters. The Morgan fingerprint density at radius 1 is 0.915 bits per heavy atom. The van der Waals surface area contributed by atoms with Gasteiger partial charge in [-0.15, -0.1) is 0 Å². The van der Waals surface area contributed by atoms with E-state index in [4.69, 9.17) is 9.47 Å². The molecule has 0 bridgehead atoms. The quantitative estimate of drug-likeness (QED) is 0.363. The van der Waals surface area contributed by atoms with Crippen molar-refractivity contribution in [3.63, 3.8) is 0 Å². The third-order valence-corrected chi connectivity index (χ3v) is 9.38. The van der Waals surface area contributed by atoms with E-state index in [1.165, 1.54) is 9.80 Å². The molecule has 1 aromatic rings. The fourth-order valence-electron chi connectivity index (χ4n) is 5.85. The zero-order valence-corrected chi connectivity index (χ0v) is 28.5. The summed E-state index contributed by atoms with van der Waals surface area (Å²) in [7, 11) is -4.20. The highest BCUT2D eigenvalue weighted by Gasteiger charge is 2.68. The lowest BCUT2D eigenvalue weighted by Gasteiger charge is -2.36. The molecule has 2 heterocycles. The second kappa shape index (κ2) is 13.3. The highest BCUT2D eigenvalue weighted by molar-refractivity contribution is 7.88. The van der Waals surface area contributed by atoms with Crippen LogP contribution in [0.25, 0.3) is 0 Å². The molecule has 3 fully saturated rings. The van der Waals surface area contributed by atoms with Gasteiger partial charge in [-0.05, 0) is 53.5 Å². The van der Waals surface area contributed by atoms with E-state index in [1.807, 2.05) is 0 Å². The highest BCUT2D eigenvalue weighted by Crippen LogP contribution is 2.48. The molecule has 1 aromatic carbocycles. The number of nitrogens with one attached hydrogen (secondary N) is 2. The van der Waals surface area contributed by atoms with Crippen LogP contribution >= 0.6 is 0 Å². The molecule has 0 aromatic heterocycles. The van der Waals surface area contributed by atoms with Gasteiger partial charge in [0.1, 0.15) is 22.8 Å². The van der Waals surface area contributed by atoms with Crippen molar-refractivity contribution >= 4 is 40.0 Å². The molecule has 260 valence electrons. The van der Waals surface area contributed by atoms with Gasteiger partial charge in [-0.3, -0.25) is 9.59 Å². The minimum atomic E-state index is -4.20. The van der Waals surface area contributed by atoms with Crippen LogP contribution in [0, 0.1) is 5.92 Å². The summed E-state index contributed by atoms with van der Waals surface area (Å²) < 4.78 is 40.1. The van der Waals surface area contributed by atoms with Gasteiger partial charge in [-0.2, -0.15) is 4.72 Å². The number of likely N-dealkylation sites (tertiary alicyclic amines) is 1. The monoisotopic (exact) mass is 679 g/mol. The number of rotatable bonds is 8. The predicted molar refractivity (Wildman–Crippen MR) is 168 cm³/mol. The van der Waals surface area contributed by atoms with Gasteiger partial charge in [0.25, 0.3) is 0 Å². The molecule has 1 saturated carbocycles. The van der Waals surface area contributed by atoms with Gasteiger partial charge in [0.05, 0.1) is 17.7 Å². The van der Waals surface area contributed by atoms with Gasteiger partial charge in [0.2, 0.25) is 21.8 Å². The van der Waals surface area contributed by atoms with E-state index in [0.717, 1.165) is 4.90 Å². The average Bonchev–Trinajstić information content (AvgIpc) is 3.50. The Balaban J connectivity index is 1.55. The fraction of sp³-hybridized carbons (Fsp3) is 0.645. The summed E-state index contributed by atoms with van der Waals surface area (Å²) in [5, 5.41) is 12.6. The van der Waals surface area contributed by atoms with E-state index in [9.17, 15) is 37.5 Å². The number of carboxylic acids is 1. The van der Waals surface area contributed by atoms with Crippen molar-refractivity contribution < 1.29 is 47.0 Å². The Hall–Kier alpha value is -3.92. The molecule has 16 heteroatoms. The first-order valence-corrected chi connectivity index (χ1v) is 17.2. The Morgan fingerprint density at radius 3 is 2.04 bits per heavy atom. The number of alkyl carbamates (subject to hydrolysis) is 1. The van der Waals surface area contributed by atoms with Crippen LogP contribution in [-0.4, -0.2) is 120 Å². The molecular weight excluding hydrogens is 634 g/mol. The number of hydrogen-bond acceptors (Lipinski definition) is 9. The summed E-state index contributed by atoms with van der Waals surface area (Å²) in [4.78, 5) is 69.3. The smallest absolute Gasteiger partial charge is 0.410 e. The summed E-state index contributed by atoms with van der Waals surface area (Å²) in [6.45, 7) is 10.7. The van der Waals surface area contributed by atoms with Crippen molar-refractivity contribution in [2.45, 2.75) is 89.0 Å². The number of amides is 4. The molecule has 1 aliphatic carbocycles. The number of piperazine rings is 1. The van der Waals surface area contributed by atoms with E-state index in [0.29, 0.717) is 5.56 Å². The topological polar surface area (TPSA) is 192 Å². The van der Waals surface area contributed by atoms with Crippen LogP contribution in [0.2, 0.25) is 0 Å². The number of carboxylic acid groups (broad SMARTS) is 1. The maximum absolute atomic E-state index is 14.3. The number of aliphatic carboxylic acids is 1. The van der Waals surface area contributed by atoms with E-state index < -0.39 is 80.5 Å². The molecule has 0 radical (unpaired) electrons. The van der Waals surface area contributed by atoms with Crippen molar-refractivity contribution in [3.8, 4) is 0 Å². The first-order valence-electron chi connectivity index (χ1n) is 15.6. The van der Waals surface area contributed by atoms with Crippen molar-refractivity contribution in [2.24, 2.45) is 5.92 Å². The maximum atomic E-state index is 14.3. The molecule has 4 rings (SSSR count). The molecule has 2 aliphatic heterocycles. The standard InChI is InChI=1S/C31H45N5O10S/c1-29(2,3)45-27(41)32-21-16-23(25(38)39)36(18-21)26(40)31(33-47(43,44)19-20-10-8-7-9-11-20)17-22(31)24(37)34-12-14-35(15-13-34)28(42)46-30(4,5)6/h7-11,21-23,33H,12-19H2,1-6H3,(H,32,41)(H,38,39)/t21-,22-,23+,31?/m1/s1. The SMILES string of the molecule is CC(C)(C)OC(=O)N[C@@H]1C[C@@H](C(=O)O)N(C(=O)C2(NS(=O)(=O)Cc3ccccc3)C[C@@H]2C(=O)N2CCN(C(=O)OC(C)(C)C)CC2)C1. The van der Waals surface area contributed by atoms with Crippen LogP contribution < -0.4 is 10.0 Å². The lowest BCUT2D eigenvalue weighted by Crippen LogP contribution is -2.57. The normalized spacial score (nSPS) is 24.8. The molecule has 3 N–H and O–H groups in total. The van der Waals surface area contributed by atoms with Crippen LogP contribution in [-0.2, 0) is 39.6 Å². The van der Waals surface area contributed by atoms with Gasteiger partial charge in [-0.1, -0.05) is 30.3 Å². The summed E-state index contributed by atoms with van der Waals surface area (Å²) in [5.41, 5.74) is -2.98. The Bertz CT molecular complexity index is 1480. The largest absolute Gasteiger partial charge is 0.480 e. The van der Waals surface area contributed by atoms with E-state index in [1.54, 1.807) is 71.9 Å². The molecule has 2 saturated heterocycles. The molecule has 15 nitrogen and oxygen atoms in total. The van der Waals surface area contributed by atoms with Gasteiger partial charge < -0.3 is 34.6 Å². The molecule has 1 unspecified atom stereocenters. The van der Waals surface area contributed by atoms with Crippen LogP contribution in [0.15, 0.2) is 30.3 Å². The molecule has 4 amide bonds.